The Balaban J connectivity index is 1.33. The number of rotatable bonds is 18. The van der Waals surface area contributed by atoms with E-state index < -0.39 is 36.0 Å². The quantitative estimate of drug-likeness (QED) is 0.199. The third-order valence-electron chi connectivity index (χ3n) is 8.39. The van der Waals surface area contributed by atoms with Crippen molar-refractivity contribution < 1.29 is 28.5 Å². The van der Waals surface area contributed by atoms with Crippen molar-refractivity contribution in [3.8, 4) is 0 Å². The summed E-state index contributed by atoms with van der Waals surface area (Å²) in [6, 6.07) is 9.30. The van der Waals surface area contributed by atoms with Gasteiger partial charge in [-0.1, -0.05) is 76.5 Å². The van der Waals surface area contributed by atoms with Crippen LogP contribution in [0.2, 0.25) is 0 Å². The molecule has 2 N–H and O–H groups in total. The summed E-state index contributed by atoms with van der Waals surface area (Å²) >= 11 is 0. The van der Waals surface area contributed by atoms with Crippen molar-refractivity contribution in [2.45, 2.75) is 121 Å². The Morgan fingerprint density at radius 1 is 0.976 bits per heavy atom. The normalized spacial score (nSPS) is 27.2. The van der Waals surface area contributed by atoms with Gasteiger partial charge in [0, 0.05) is 31.9 Å². The van der Waals surface area contributed by atoms with Gasteiger partial charge < -0.3 is 33.9 Å². The standard InChI is InChI=1S/C33H55N3O6/c1-4-5-6-7-8-9-10-17-24-38-26-33-30(41-32(2,3)42-33)29(39-31(37)35-27-18-13-11-14-19-27)28(40-33)25-34-20-23-36-21-15-12-16-22-36/h11,13-14,18-19,28-30,34H,4-10,12,15-17,20-26H2,1-3H3,(H,35,37)/t28-,29+,30-,33-/m0/s1. The van der Waals surface area contributed by atoms with Crippen LogP contribution in [-0.2, 0) is 23.7 Å². The third-order valence-corrected chi connectivity index (χ3v) is 8.39. The number of carbonyl (C=O) groups excluding carboxylic acids is 1. The highest BCUT2D eigenvalue weighted by molar-refractivity contribution is 5.84. The van der Waals surface area contributed by atoms with Crippen molar-refractivity contribution in [2.24, 2.45) is 0 Å². The van der Waals surface area contributed by atoms with Gasteiger partial charge in [-0.15, -0.1) is 0 Å². The molecule has 4 atom stereocenters. The van der Waals surface area contributed by atoms with Gasteiger partial charge in [-0.2, -0.15) is 0 Å². The van der Waals surface area contributed by atoms with Gasteiger partial charge in [-0.25, -0.2) is 4.79 Å². The molecule has 1 aromatic rings. The summed E-state index contributed by atoms with van der Waals surface area (Å²) in [5.74, 6) is -2.03. The second kappa shape index (κ2) is 16.9. The Hall–Kier alpha value is -1.75. The Bertz CT molecular complexity index is 912. The lowest BCUT2D eigenvalue weighted by Gasteiger charge is -2.29. The van der Waals surface area contributed by atoms with Crippen LogP contribution in [0.4, 0.5) is 10.5 Å². The van der Waals surface area contributed by atoms with E-state index in [1.54, 1.807) is 0 Å². The van der Waals surface area contributed by atoms with Crippen LogP contribution in [0, 0.1) is 0 Å². The zero-order chi connectivity index (χ0) is 29.7. The van der Waals surface area contributed by atoms with E-state index in [-0.39, 0.29) is 6.61 Å². The largest absolute Gasteiger partial charge is 0.440 e. The second-order valence-corrected chi connectivity index (χ2v) is 12.5. The van der Waals surface area contributed by atoms with Crippen molar-refractivity contribution in [3.63, 3.8) is 0 Å². The van der Waals surface area contributed by atoms with E-state index in [1.165, 1.54) is 57.8 Å². The maximum atomic E-state index is 13.0. The number of fused-ring (bicyclic) bond motifs is 1. The lowest BCUT2D eigenvalue weighted by atomic mass is 10.1. The van der Waals surface area contributed by atoms with Crippen molar-refractivity contribution in [2.75, 3.05) is 51.3 Å². The molecule has 42 heavy (non-hydrogen) atoms. The fourth-order valence-corrected chi connectivity index (χ4v) is 6.27. The molecule has 0 radical (unpaired) electrons. The molecule has 3 fully saturated rings. The number of carbonyl (C=O) groups is 1. The van der Waals surface area contributed by atoms with E-state index in [4.69, 9.17) is 23.7 Å². The van der Waals surface area contributed by atoms with Gasteiger partial charge in [0.05, 0.1) is 0 Å². The molecule has 3 aliphatic heterocycles. The van der Waals surface area contributed by atoms with Crippen LogP contribution in [0.5, 0.6) is 0 Å². The molecule has 0 bridgehead atoms. The fourth-order valence-electron chi connectivity index (χ4n) is 6.27. The molecular weight excluding hydrogens is 534 g/mol. The number of hydrogen-bond donors (Lipinski definition) is 2. The van der Waals surface area contributed by atoms with Crippen LogP contribution >= 0.6 is 0 Å². The molecule has 0 spiro atoms. The molecule has 0 unspecified atom stereocenters. The highest BCUT2D eigenvalue weighted by Gasteiger charge is 2.66. The van der Waals surface area contributed by atoms with E-state index in [9.17, 15) is 4.79 Å². The van der Waals surface area contributed by atoms with Gasteiger partial charge in [-0.05, 0) is 58.3 Å². The third kappa shape index (κ3) is 10.2. The number of ether oxygens (including phenoxy) is 5. The Morgan fingerprint density at radius 2 is 1.69 bits per heavy atom. The first-order valence-electron chi connectivity index (χ1n) is 16.5. The van der Waals surface area contributed by atoms with Gasteiger partial charge in [0.2, 0.25) is 5.79 Å². The summed E-state index contributed by atoms with van der Waals surface area (Å²) in [6.07, 6.45) is 11.5. The molecule has 238 valence electrons. The van der Waals surface area contributed by atoms with Crippen LogP contribution in [0.3, 0.4) is 0 Å². The number of piperidine rings is 1. The van der Waals surface area contributed by atoms with E-state index in [2.05, 4.69) is 22.5 Å². The van der Waals surface area contributed by atoms with Gasteiger partial charge in [0.15, 0.2) is 18.0 Å². The van der Waals surface area contributed by atoms with Crippen LogP contribution in [0.1, 0.15) is 91.4 Å². The van der Waals surface area contributed by atoms with E-state index in [0.29, 0.717) is 18.8 Å². The minimum absolute atomic E-state index is 0.224. The minimum Gasteiger partial charge on any atom is -0.440 e. The molecular formula is C33H55N3O6. The van der Waals surface area contributed by atoms with E-state index >= 15 is 0 Å². The van der Waals surface area contributed by atoms with Crippen molar-refractivity contribution in [1.29, 1.82) is 0 Å². The maximum absolute atomic E-state index is 13.0. The summed E-state index contributed by atoms with van der Waals surface area (Å²) in [7, 11) is 0. The first-order valence-corrected chi connectivity index (χ1v) is 16.5. The van der Waals surface area contributed by atoms with Crippen molar-refractivity contribution >= 4 is 11.8 Å². The van der Waals surface area contributed by atoms with Gasteiger partial charge in [0.1, 0.15) is 12.7 Å². The Labute approximate surface area is 253 Å². The molecule has 3 heterocycles. The zero-order valence-electron chi connectivity index (χ0n) is 26.2. The first kappa shape index (κ1) is 33.1. The van der Waals surface area contributed by atoms with Gasteiger partial charge in [0.25, 0.3) is 0 Å². The zero-order valence-corrected chi connectivity index (χ0v) is 26.2. The predicted molar refractivity (Wildman–Crippen MR) is 165 cm³/mol. The van der Waals surface area contributed by atoms with Crippen molar-refractivity contribution in [3.05, 3.63) is 30.3 Å². The summed E-state index contributed by atoms with van der Waals surface area (Å²) in [5.41, 5.74) is 0.668. The molecule has 9 nitrogen and oxygen atoms in total. The number of nitrogens with one attached hydrogen (secondary N) is 2. The van der Waals surface area contributed by atoms with Crippen LogP contribution in [0.25, 0.3) is 0 Å². The topological polar surface area (TPSA) is 90.5 Å². The highest BCUT2D eigenvalue weighted by atomic mass is 16.9. The fraction of sp³-hybridized carbons (Fsp3) is 0.788. The van der Waals surface area contributed by atoms with Gasteiger partial charge >= 0.3 is 6.09 Å². The van der Waals surface area contributed by atoms with Crippen LogP contribution in [0.15, 0.2) is 30.3 Å². The summed E-state index contributed by atoms with van der Waals surface area (Å²) in [5, 5.41) is 6.36. The lowest BCUT2D eigenvalue weighted by molar-refractivity contribution is -0.277. The summed E-state index contributed by atoms with van der Waals surface area (Å²) in [4.78, 5) is 15.5. The van der Waals surface area contributed by atoms with Crippen molar-refractivity contribution in [1.82, 2.24) is 10.2 Å². The lowest BCUT2D eigenvalue weighted by Crippen LogP contribution is -2.46. The molecule has 1 amide bonds. The molecule has 0 aromatic heterocycles. The molecule has 0 saturated carbocycles. The molecule has 9 heteroatoms. The second-order valence-electron chi connectivity index (χ2n) is 12.5. The van der Waals surface area contributed by atoms with Crippen LogP contribution in [-0.4, -0.2) is 86.8 Å². The number of anilines is 1. The average molecular weight is 590 g/mol. The number of unbranched alkanes of at least 4 members (excludes halogenated alkanes) is 7. The number of hydrogen-bond acceptors (Lipinski definition) is 8. The van der Waals surface area contributed by atoms with E-state index in [0.717, 1.165) is 39.0 Å². The Morgan fingerprint density at radius 3 is 2.43 bits per heavy atom. The SMILES string of the molecule is CCCCCCCCCCOC[C@@]12O[C@@H](CNCCN3CCCCC3)[C@@H](OC(=O)Nc3ccccc3)[C@@H]1OC(C)(C)O2. The number of benzene rings is 1. The maximum Gasteiger partial charge on any atom is 0.412 e. The summed E-state index contributed by atoms with van der Waals surface area (Å²) in [6.45, 7) is 11.5. The predicted octanol–water partition coefficient (Wildman–Crippen LogP) is 6.08. The smallest absolute Gasteiger partial charge is 0.412 e. The van der Waals surface area contributed by atoms with Gasteiger partial charge in [-0.3, -0.25) is 5.32 Å². The number of amides is 1. The molecule has 0 aliphatic carbocycles. The molecule has 1 aromatic carbocycles. The monoisotopic (exact) mass is 589 g/mol. The molecule has 3 aliphatic rings. The highest BCUT2D eigenvalue weighted by Crippen LogP contribution is 2.46. The number of nitrogens with zero attached hydrogens (tertiary/aromatic N) is 1. The molecule has 4 rings (SSSR count). The molecule has 3 saturated heterocycles. The van der Waals surface area contributed by atoms with E-state index in [1.807, 2.05) is 44.2 Å². The minimum atomic E-state index is -1.14. The average Bonchev–Trinajstić information content (AvgIpc) is 3.39. The van der Waals surface area contributed by atoms with Crippen LogP contribution < -0.4 is 10.6 Å². The first-order chi connectivity index (χ1) is 20.4. The Kier molecular flexibility index (Phi) is 13.4. The number of para-hydroxylation sites is 1. The number of likely N-dealkylation sites (tertiary alicyclic amines) is 1. The summed E-state index contributed by atoms with van der Waals surface area (Å²) < 4.78 is 31.5.